The second-order valence-corrected chi connectivity index (χ2v) is 10.7. The van der Waals surface area contributed by atoms with Crippen molar-refractivity contribution in [3.8, 4) is 11.8 Å². The third-order valence-corrected chi connectivity index (χ3v) is 6.53. The van der Waals surface area contributed by atoms with Gasteiger partial charge in [0.05, 0.1) is 24.3 Å². The SMILES string of the molecule is CC#CCn1c(N2CCC[C@@H](NC(=O)OC(C)(C)C)C2)nc2c1c(=O)n(Cc1nc(F)ccc1C(=O)O)c(=O)n2C. The fraction of sp³-hybridized carbons (Fsp3) is 0.481. The number of carbonyl (C=O) groups excluding carboxylic acids is 1. The van der Waals surface area contributed by atoms with Gasteiger partial charge in [-0.05, 0) is 52.7 Å². The van der Waals surface area contributed by atoms with E-state index in [-0.39, 0.29) is 35.0 Å². The summed E-state index contributed by atoms with van der Waals surface area (Å²) in [5.41, 5.74) is -2.60. The molecule has 218 valence electrons. The summed E-state index contributed by atoms with van der Waals surface area (Å²) < 4.78 is 22.9. The average Bonchev–Trinajstić information content (AvgIpc) is 3.27. The maximum atomic E-state index is 13.9. The number of nitrogens with one attached hydrogen (secondary N) is 1. The number of piperidine rings is 1. The number of imidazole rings is 1. The third-order valence-electron chi connectivity index (χ3n) is 6.53. The molecule has 0 saturated carbocycles. The van der Waals surface area contributed by atoms with E-state index < -0.39 is 41.4 Å². The van der Waals surface area contributed by atoms with E-state index in [0.717, 1.165) is 23.1 Å². The Kier molecular flexibility index (Phi) is 8.18. The number of halogens is 1. The van der Waals surface area contributed by atoms with Gasteiger partial charge >= 0.3 is 17.8 Å². The van der Waals surface area contributed by atoms with Crippen molar-refractivity contribution in [1.29, 1.82) is 0 Å². The van der Waals surface area contributed by atoms with Gasteiger partial charge < -0.3 is 20.1 Å². The van der Waals surface area contributed by atoms with Crippen LogP contribution in [0, 0.1) is 17.8 Å². The van der Waals surface area contributed by atoms with Crippen molar-refractivity contribution in [1.82, 2.24) is 29.0 Å². The molecule has 1 fully saturated rings. The minimum absolute atomic E-state index is 0.0698. The predicted octanol–water partition coefficient (Wildman–Crippen LogP) is 1.69. The minimum Gasteiger partial charge on any atom is -0.478 e. The highest BCUT2D eigenvalue weighted by Gasteiger charge is 2.29. The number of ether oxygens (including phenoxy) is 1. The summed E-state index contributed by atoms with van der Waals surface area (Å²) >= 11 is 0. The molecular weight excluding hydrogens is 537 g/mol. The normalized spacial score (nSPS) is 15.4. The van der Waals surface area contributed by atoms with Gasteiger partial charge in [-0.2, -0.15) is 9.37 Å². The number of carboxylic acid groups (broad SMARTS) is 1. The van der Waals surface area contributed by atoms with E-state index in [2.05, 4.69) is 27.1 Å². The van der Waals surface area contributed by atoms with E-state index in [9.17, 15) is 28.7 Å². The van der Waals surface area contributed by atoms with Crippen LogP contribution in [0.25, 0.3) is 11.2 Å². The van der Waals surface area contributed by atoms with Crippen LogP contribution in [0.2, 0.25) is 0 Å². The molecule has 0 radical (unpaired) electrons. The number of pyridine rings is 1. The average molecular weight is 570 g/mol. The van der Waals surface area contributed by atoms with Crippen LogP contribution in [0.4, 0.5) is 15.1 Å². The van der Waals surface area contributed by atoms with Gasteiger partial charge in [-0.15, -0.1) is 5.92 Å². The monoisotopic (exact) mass is 569 g/mol. The van der Waals surface area contributed by atoms with Crippen molar-refractivity contribution in [3.63, 3.8) is 0 Å². The number of alkyl carbamates (subject to hydrolysis) is 1. The molecule has 3 aromatic heterocycles. The number of aryl methyl sites for hydroxylation is 1. The number of rotatable bonds is 6. The Hall–Kier alpha value is -4.67. The van der Waals surface area contributed by atoms with Crippen molar-refractivity contribution in [2.24, 2.45) is 7.05 Å². The number of amides is 1. The summed E-state index contributed by atoms with van der Waals surface area (Å²) in [4.78, 5) is 61.3. The third kappa shape index (κ3) is 6.24. The largest absolute Gasteiger partial charge is 0.478 e. The van der Waals surface area contributed by atoms with Crippen molar-refractivity contribution < 1.29 is 23.8 Å². The number of anilines is 1. The molecule has 0 bridgehead atoms. The van der Waals surface area contributed by atoms with Crippen molar-refractivity contribution in [3.05, 3.63) is 50.2 Å². The lowest BCUT2D eigenvalue weighted by Crippen LogP contribution is -2.49. The van der Waals surface area contributed by atoms with E-state index in [1.807, 2.05) is 4.90 Å². The maximum absolute atomic E-state index is 13.9. The molecule has 4 rings (SSSR count). The summed E-state index contributed by atoms with van der Waals surface area (Å²) in [6.07, 6.45) is 0.893. The van der Waals surface area contributed by atoms with Crippen LogP contribution < -0.4 is 21.5 Å². The lowest BCUT2D eigenvalue weighted by atomic mass is 10.1. The highest BCUT2D eigenvalue weighted by molar-refractivity contribution is 5.88. The molecule has 0 aliphatic carbocycles. The van der Waals surface area contributed by atoms with E-state index in [0.29, 0.717) is 25.5 Å². The number of fused-ring (bicyclic) bond motifs is 1. The van der Waals surface area contributed by atoms with Crippen LogP contribution in [0.1, 0.15) is 56.6 Å². The molecule has 1 saturated heterocycles. The smallest absolute Gasteiger partial charge is 0.407 e. The van der Waals surface area contributed by atoms with Crippen LogP contribution in [0.5, 0.6) is 0 Å². The van der Waals surface area contributed by atoms with E-state index >= 15 is 0 Å². The fourth-order valence-electron chi connectivity index (χ4n) is 4.74. The Bertz CT molecular complexity index is 1690. The summed E-state index contributed by atoms with van der Waals surface area (Å²) in [5.74, 6) is 3.81. The van der Waals surface area contributed by atoms with E-state index in [4.69, 9.17) is 4.74 Å². The number of hydrogen-bond acceptors (Lipinski definition) is 8. The number of nitrogens with zero attached hydrogens (tertiary/aromatic N) is 6. The number of carboxylic acids is 1. The van der Waals surface area contributed by atoms with Gasteiger partial charge in [-0.25, -0.2) is 19.4 Å². The molecule has 1 atom stereocenters. The molecule has 1 amide bonds. The second-order valence-electron chi connectivity index (χ2n) is 10.7. The lowest BCUT2D eigenvalue weighted by Gasteiger charge is -2.34. The van der Waals surface area contributed by atoms with Gasteiger partial charge in [0, 0.05) is 26.2 Å². The van der Waals surface area contributed by atoms with Gasteiger partial charge in [0.15, 0.2) is 11.2 Å². The molecule has 0 unspecified atom stereocenters. The van der Waals surface area contributed by atoms with Crippen molar-refractivity contribution in [2.75, 3.05) is 18.0 Å². The molecule has 1 aliphatic rings. The number of carbonyl (C=O) groups is 2. The van der Waals surface area contributed by atoms with Crippen LogP contribution >= 0.6 is 0 Å². The molecule has 3 aromatic rings. The summed E-state index contributed by atoms with van der Waals surface area (Å²) in [6.45, 7) is 7.45. The number of aromatic nitrogens is 5. The zero-order valence-electron chi connectivity index (χ0n) is 23.5. The van der Waals surface area contributed by atoms with Gasteiger partial charge in [-0.1, -0.05) is 5.92 Å². The first kappa shape index (κ1) is 29.3. The molecule has 2 N–H and O–H groups in total. The van der Waals surface area contributed by atoms with Crippen LogP contribution in [0.15, 0.2) is 21.7 Å². The lowest BCUT2D eigenvalue weighted by molar-refractivity contribution is 0.0499. The van der Waals surface area contributed by atoms with E-state index in [1.54, 1.807) is 32.3 Å². The van der Waals surface area contributed by atoms with Gasteiger partial charge in [0.1, 0.15) is 5.60 Å². The van der Waals surface area contributed by atoms with Gasteiger partial charge in [0.2, 0.25) is 11.9 Å². The summed E-state index contributed by atoms with van der Waals surface area (Å²) in [7, 11) is 1.44. The van der Waals surface area contributed by atoms with Crippen molar-refractivity contribution in [2.45, 2.75) is 65.3 Å². The second kappa shape index (κ2) is 11.4. The number of hydrogen-bond donors (Lipinski definition) is 2. The highest BCUT2D eigenvalue weighted by atomic mass is 19.1. The Morgan fingerprint density at radius 2 is 1.95 bits per heavy atom. The van der Waals surface area contributed by atoms with Gasteiger partial charge in [-0.3, -0.25) is 18.5 Å². The Balaban J connectivity index is 1.79. The molecule has 1 aliphatic heterocycles. The molecule has 41 heavy (non-hydrogen) atoms. The maximum Gasteiger partial charge on any atom is 0.407 e. The molecular formula is C27H32FN7O6. The first-order valence-corrected chi connectivity index (χ1v) is 13.0. The first-order valence-electron chi connectivity index (χ1n) is 13.0. The van der Waals surface area contributed by atoms with E-state index in [1.165, 1.54) is 11.6 Å². The number of aromatic carboxylic acids is 1. The molecule has 14 heteroatoms. The summed E-state index contributed by atoms with van der Waals surface area (Å²) in [5, 5.41) is 12.4. The zero-order chi connectivity index (χ0) is 30.1. The zero-order valence-corrected chi connectivity index (χ0v) is 23.5. The van der Waals surface area contributed by atoms with Crippen LogP contribution in [0.3, 0.4) is 0 Å². The molecule has 13 nitrogen and oxygen atoms in total. The molecule has 0 spiro atoms. The Morgan fingerprint density at radius 3 is 2.61 bits per heavy atom. The van der Waals surface area contributed by atoms with Crippen molar-refractivity contribution >= 4 is 29.2 Å². The predicted molar refractivity (Wildman–Crippen MR) is 148 cm³/mol. The minimum atomic E-state index is -1.37. The van der Waals surface area contributed by atoms with Crippen LogP contribution in [-0.2, 0) is 24.9 Å². The molecule has 4 heterocycles. The van der Waals surface area contributed by atoms with Crippen LogP contribution in [-0.4, -0.2) is 65.6 Å². The standard InChI is InChI=1S/C27H32FN7O6/c1-6-7-13-34-20-21(31-24(34)33-12-8-9-16(14-33)29-25(39)41-27(2,3)4)32(5)26(40)35(22(20)36)15-18-17(23(37)38)10-11-19(28)30-18/h10-11,16H,8-9,12-15H2,1-5H3,(H,29,39)(H,37,38)/t16-/m1/s1. The Morgan fingerprint density at radius 1 is 1.22 bits per heavy atom. The Labute approximate surface area is 234 Å². The summed E-state index contributed by atoms with van der Waals surface area (Å²) in [6, 6.07) is 1.68. The van der Waals surface area contributed by atoms with Gasteiger partial charge in [0.25, 0.3) is 5.56 Å². The quantitative estimate of drug-likeness (QED) is 0.334. The highest BCUT2D eigenvalue weighted by Crippen LogP contribution is 2.24. The first-order chi connectivity index (χ1) is 19.3. The molecule has 0 aromatic carbocycles. The topological polar surface area (TPSA) is 154 Å². The fourth-order valence-corrected chi connectivity index (χ4v) is 4.74.